The summed E-state index contributed by atoms with van der Waals surface area (Å²) in [6.45, 7) is 3.52. The van der Waals surface area contributed by atoms with Crippen molar-refractivity contribution in [3.63, 3.8) is 0 Å². The van der Waals surface area contributed by atoms with Crippen LogP contribution in [0.2, 0.25) is 0 Å². The monoisotopic (exact) mass is 331 g/mol. The number of carbonyl (C=O) groups excluding carboxylic acids is 1. The molecular formula is C21H21N3O. The average Bonchev–Trinajstić information content (AvgIpc) is 3.21. The molecule has 2 aromatic heterocycles. The van der Waals surface area contributed by atoms with E-state index in [0.29, 0.717) is 13.0 Å². The van der Waals surface area contributed by atoms with E-state index in [2.05, 4.69) is 52.3 Å². The van der Waals surface area contributed by atoms with E-state index in [4.69, 9.17) is 0 Å². The Morgan fingerprint density at radius 3 is 2.88 bits per heavy atom. The summed E-state index contributed by atoms with van der Waals surface area (Å²) in [5.41, 5.74) is 4.60. The Kier molecular flexibility index (Phi) is 4.02. The predicted octanol–water partition coefficient (Wildman–Crippen LogP) is 3.79. The van der Waals surface area contributed by atoms with Gasteiger partial charge >= 0.3 is 0 Å². The largest absolute Gasteiger partial charge is 0.361 e. The van der Waals surface area contributed by atoms with Gasteiger partial charge in [0.2, 0.25) is 5.91 Å². The fourth-order valence-corrected chi connectivity index (χ4v) is 3.40. The lowest BCUT2D eigenvalue weighted by Gasteiger charge is -2.08. The summed E-state index contributed by atoms with van der Waals surface area (Å²) in [5.74, 6) is 0.0531. The van der Waals surface area contributed by atoms with Crippen molar-refractivity contribution in [3.05, 3.63) is 72.1 Å². The second-order valence-corrected chi connectivity index (χ2v) is 6.40. The molecule has 0 unspecified atom stereocenters. The van der Waals surface area contributed by atoms with Crippen molar-refractivity contribution in [2.75, 3.05) is 6.54 Å². The molecule has 2 aromatic carbocycles. The van der Waals surface area contributed by atoms with E-state index in [9.17, 15) is 4.79 Å². The van der Waals surface area contributed by atoms with Crippen LogP contribution < -0.4 is 5.32 Å². The molecule has 0 saturated heterocycles. The Morgan fingerprint density at radius 1 is 1.08 bits per heavy atom. The quantitative estimate of drug-likeness (QED) is 0.574. The normalized spacial score (nSPS) is 11.2. The number of aromatic amines is 1. The number of amides is 1. The maximum atomic E-state index is 12.3. The summed E-state index contributed by atoms with van der Waals surface area (Å²) in [6.07, 6.45) is 4.41. The first kappa shape index (κ1) is 15.5. The van der Waals surface area contributed by atoms with Gasteiger partial charge in [-0.15, -0.1) is 0 Å². The molecule has 0 aliphatic heterocycles. The molecule has 4 rings (SSSR count). The molecule has 0 aliphatic carbocycles. The molecule has 0 saturated carbocycles. The minimum absolute atomic E-state index is 0.0531. The van der Waals surface area contributed by atoms with Crippen LogP contribution in [0.3, 0.4) is 0 Å². The highest BCUT2D eigenvalue weighted by Crippen LogP contribution is 2.19. The van der Waals surface area contributed by atoms with Gasteiger partial charge in [-0.1, -0.05) is 30.3 Å². The molecule has 0 atom stereocenters. The van der Waals surface area contributed by atoms with Gasteiger partial charge < -0.3 is 14.9 Å². The van der Waals surface area contributed by atoms with Crippen molar-refractivity contribution in [2.45, 2.75) is 19.9 Å². The molecule has 1 amide bonds. The molecule has 2 heterocycles. The number of H-pyrrole nitrogens is 1. The summed E-state index contributed by atoms with van der Waals surface area (Å²) >= 11 is 0. The van der Waals surface area contributed by atoms with Gasteiger partial charge in [0.15, 0.2) is 0 Å². The third-order valence-corrected chi connectivity index (χ3v) is 4.73. The topological polar surface area (TPSA) is 49.8 Å². The lowest BCUT2D eigenvalue weighted by molar-refractivity contribution is -0.120. The van der Waals surface area contributed by atoms with Crippen molar-refractivity contribution < 1.29 is 4.79 Å². The van der Waals surface area contributed by atoms with Gasteiger partial charge in [-0.3, -0.25) is 4.79 Å². The summed E-state index contributed by atoms with van der Waals surface area (Å²) in [4.78, 5) is 15.5. The van der Waals surface area contributed by atoms with E-state index in [1.807, 2.05) is 30.5 Å². The number of hydrogen-bond donors (Lipinski definition) is 2. The molecule has 0 radical (unpaired) electrons. The fourth-order valence-electron chi connectivity index (χ4n) is 3.40. The SMILES string of the molecule is Cc1cccc2c1ccn2CCNC(=O)Cc1c[nH]c2ccccc12. The van der Waals surface area contributed by atoms with E-state index in [0.717, 1.165) is 23.0 Å². The molecule has 4 heteroatoms. The molecule has 25 heavy (non-hydrogen) atoms. The van der Waals surface area contributed by atoms with Crippen LogP contribution in [0, 0.1) is 6.92 Å². The summed E-state index contributed by atoms with van der Waals surface area (Å²) in [7, 11) is 0. The second-order valence-electron chi connectivity index (χ2n) is 6.40. The molecule has 126 valence electrons. The van der Waals surface area contributed by atoms with Crippen LogP contribution in [0.4, 0.5) is 0 Å². The van der Waals surface area contributed by atoms with E-state index >= 15 is 0 Å². The van der Waals surface area contributed by atoms with Gasteiger partial charge in [0, 0.05) is 47.3 Å². The van der Waals surface area contributed by atoms with Crippen LogP contribution in [0.15, 0.2) is 60.9 Å². The van der Waals surface area contributed by atoms with Crippen molar-refractivity contribution in [2.24, 2.45) is 0 Å². The predicted molar refractivity (Wildman–Crippen MR) is 102 cm³/mol. The zero-order valence-electron chi connectivity index (χ0n) is 14.3. The summed E-state index contributed by atoms with van der Waals surface area (Å²) in [5, 5.41) is 5.42. The minimum Gasteiger partial charge on any atom is -0.361 e. The number of benzene rings is 2. The lowest BCUT2D eigenvalue weighted by Crippen LogP contribution is -2.28. The van der Waals surface area contributed by atoms with Gasteiger partial charge in [-0.05, 0) is 36.2 Å². The van der Waals surface area contributed by atoms with Gasteiger partial charge in [0.05, 0.1) is 6.42 Å². The number of carbonyl (C=O) groups is 1. The van der Waals surface area contributed by atoms with Crippen LogP contribution in [-0.4, -0.2) is 22.0 Å². The lowest BCUT2D eigenvalue weighted by atomic mass is 10.1. The van der Waals surface area contributed by atoms with Gasteiger partial charge in [0.25, 0.3) is 0 Å². The molecule has 0 bridgehead atoms. The number of aromatic nitrogens is 2. The minimum atomic E-state index is 0.0531. The van der Waals surface area contributed by atoms with Crippen LogP contribution in [0.25, 0.3) is 21.8 Å². The first-order chi connectivity index (χ1) is 12.2. The standard InChI is InChI=1S/C21H21N3O/c1-15-5-4-8-20-17(15)9-11-24(20)12-10-22-21(25)13-16-14-23-19-7-3-2-6-18(16)19/h2-9,11,14,23H,10,12-13H2,1H3,(H,22,25). The smallest absolute Gasteiger partial charge is 0.224 e. The van der Waals surface area contributed by atoms with Crippen molar-refractivity contribution >= 4 is 27.7 Å². The third kappa shape index (κ3) is 3.03. The van der Waals surface area contributed by atoms with E-state index < -0.39 is 0 Å². The number of aryl methyl sites for hydroxylation is 1. The zero-order valence-corrected chi connectivity index (χ0v) is 14.3. The number of para-hydroxylation sites is 1. The van der Waals surface area contributed by atoms with Crippen LogP contribution >= 0.6 is 0 Å². The number of nitrogens with one attached hydrogen (secondary N) is 2. The van der Waals surface area contributed by atoms with Gasteiger partial charge in [-0.2, -0.15) is 0 Å². The zero-order chi connectivity index (χ0) is 17.2. The van der Waals surface area contributed by atoms with Crippen LogP contribution in [-0.2, 0) is 17.8 Å². The van der Waals surface area contributed by atoms with Gasteiger partial charge in [0.1, 0.15) is 0 Å². The molecule has 0 spiro atoms. The van der Waals surface area contributed by atoms with Crippen LogP contribution in [0.5, 0.6) is 0 Å². The summed E-state index contributed by atoms with van der Waals surface area (Å²) < 4.78 is 2.19. The average molecular weight is 331 g/mol. The molecule has 2 N–H and O–H groups in total. The Morgan fingerprint density at radius 2 is 1.96 bits per heavy atom. The number of nitrogens with zero attached hydrogens (tertiary/aromatic N) is 1. The van der Waals surface area contributed by atoms with Crippen molar-refractivity contribution in [1.82, 2.24) is 14.9 Å². The highest BCUT2D eigenvalue weighted by molar-refractivity contribution is 5.89. The highest BCUT2D eigenvalue weighted by Gasteiger charge is 2.08. The number of rotatable bonds is 5. The molecule has 4 nitrogen and oxygen atoms in total. The fraction of sp³-hybridized carbons (Fsp3) is 0.190. The first-order valence-corrected chi connectivity index (χ1v) is 8.58. The van der Waals surface area contributed by atoms with E-state index in [-0.39, 0.29) is 5.91 Å². The Labute approximate surface area is 146 Å². The van der Waals surface area contributed by atoms with E-state index in [1.165, 1.54) is 16.5 Å². The first-order valence-electron chi connectivity index (χ1n) is 8.58. The Hall–Kier alpha value is -3.01. The maximum Gasteiger partial charge on any atom is 0.224 e. The summed E-state index contributed by atoms with van der Waals surface area (Å²) in [6, 6.07) is 16.5. The van der Waals surface area contributed by atoms with Crippen LogP contribution in [0.1, 0.15) is 11.1 Å². The van der Waals surface area contributed by atoms with Crippen molar-refractivity contribution in [3.8, 4) is 0 Å². The third-order valence-electron chi connectivity index (χ3n) is 4.73. The maximum absolute atomic E-state index is 12.3. The molecule has 4 aromatic rings. The molecule has 0 aliphatic rings. The molecular weight excluding hydrogens is 310 g/mol. The van der Waals surface area contributed by atoms with Crippen molar-refractivity contribution in [1.29, 1.82) is 0 Å². The highest BCUT2D eigenvalue weighted by atomic mass is 16.1. The second kappa shape index (κ2) is 6.48. The Bertz CT molecular complexity index is 1040. The van der Waals surface area contributed by atoms with E-state index in [1.54, 1.807) is 0 Å². The Balaban J connectivity index is 1.38. The number of fused-ring (bicyclic) bond motifs is 2. The molecule has 0 fully saturated rings. The van der Waals surface area contributed by atoms with Gasteiger partial charge in [-0.25, -0.2) is 0 Å². The number of hydrogen-bond acceptors (Lipinski definition) is 1.